The predicted molar refractivity (Wildman–Crippen MR) is 112 cm³/mol. The van der Waals surface area contributed by atoms with Crippen molar-refractivity contribution in [2.24, 2.45) is 0 Å². The van der Waals surface area contributed by atoms with Crippen LogP contribution in [0.2, 0.25) is 5.02 Å². The van der Waals surface area contributed by atoms with E-state index < -0.39 is 22.0 Å². The van der Waals surface area contributed by atoms with Gasteiger partial charge in [-0.25, -0.2) is 8.42 Å². The summed E-state index contributed by atoms with van der Waals surface area (Å²) in [6, 6.07) is 12.4. The van der Waals surface area contributed by atoms with Crippen molar-refractivity contribution in [3.63, 3.8) is 0 Å². The number of amides is 1. The molecule has 0 spiro atoms. The maximum Gasteiger partial charge on any atom is 0.241 e. The van der Waals surface area contributed by atoms with Gasteiger partial charge in [0.25, 0.3) is 0 Å². The van der Waals surface area contributed by atoms with Crippen molar-refractivity contribution in [3.05, 3.63) is 59.1 Å². The third-order valence-electron chi connectivity index (χ3n) is 4.02. The number of carbonyl (C=O) groups is 1. The van der Waals surface area contributed by atoms with Gasteiger partial charge in [0.2, 0.25) is 15.9 Å². The zero-order valence-electron chi connectivity index (χ0n) is 16.4. The highest BCUT2D eigenvalue weighted by atomic mass is 35.5. The van der Waals surface area contributed by atoms with E-state index in [9.17, 15) is 13.2 Å². The summed E-state index contributed by atoms with van der Waals surface area (Å²) in [6.07, 6.45) is 0.198. The number of ether oxygens (including phenoxy) is 2. The van der Waals surface area contributed by atoms with Crippen LogP contribution in [-0.2, 0) is 26.0 Å². The lowest BCUT2D eigenvalue weighted by molar-refractivity contribution is -0.122. The lowest BCUT2D eigenvalue weighted by atomic mass is 10.1. The molecule has 9 heteroatoms. The molecule has 0 aromatic heterocycles. The van der Waals surface area contributed by atoms with Crippen molar-refractivity contribution < 1.29 is 22.7 Å². The normalized spacial score (nSPS) is 12.4. The summed E-state index contributed by atoms with van der Waals surface area (Å²) < 4.78 is 38.5. The van der Waals surface area contributed by atoms with Crippen LogP contribution < -0.4 is 14.8 Å². The van der Waals surface area contributed by atoms with E-state index in [1.807, 2.05) is 30.3 Å². The Bertz CT molecular complexity index is 906. The Morgan fingerprint density at radius 2 is 1.90 bits per heavy atom. The van der Waals surface area contributed by atoms with Crippen molar-refractivity contribution >= 4 is 27.5 Å². The highest BCUT2D eigenvalue weighted by Gasteiger charge is 2.26. The molecule has 0 unspecified atom stereocenters. The number of rotatable bonds is 11. The lowest BCUT2D eigenvalue weighted by Gasteiger charge is -2.19. The monoisotopic (exact) mass is 440 g/mol. The average molecular weight is 441 g/mol. The van der Waals surface area contributed by atoms with Crippen molar-refractivity contribution in [3.8, 4) is 5.75 Å². The standard InChI is InChI=1S/C20H25ClN2O5S/c1-3-28-19-10-9-16(14-17(19)21)29(25,26)23-18(20(24)22-11-12-27-2)13-15-7-5-4-6-8-15/h4-10,14,18,23H,3,11-13H2,1-2H3,(H,22,24)/t18-/m1/s1. The number of nitrogens with one attached hydrogen (secondary N) is 2. The molecular formula is C20H25ClN2O5S. The fourth-order valence-electron chi connectivity index (χ4n) is 2.61. The van der Waals surface area contributed by atoms with E-state index >= 15 is 0 Å². The average Bonchev–Trinajstić information content (AvgIpc) is 2.70. The van der Waals surface area contributed by atoms with E-state index in [1.165, 1.54) is 25.3 Å². The fraction of sp³-hybridized carbons (Fsp3) is 0.350. The van der Waals surface area contributed by atoms with Crippen LogP contribution in [0.15, 0.2) is 53.4 Å². The van der Waals surface area contributed by atoms with Crippen LogP contribution in [0.1, 0.15) is 12.5 Å². The van der Waals surface area contributed by atoms with E-state index in [0.717, 1.165) is 5.56 Å². The second-order valence-corrected chi connectivity index (χ2v) is 8.29. The Morgan fingerprint density at radius 3 is 2.52 bits per heavy atom. The van der Waals surface area contributed by atoms with Crippen molar-refractivity contribution in [1.29, 1.82) is 0 Å². The van der Waals surface area contributed by atoms with Gasteiger partial charge >= 0.3 is 0 Å². The molecule has 2 N–H and O–H groups in total. The van der Waals surface area contributed by atoms with E-state index in [2.05, 4.69) is 10.0 Å². The van der Waals surface area contributed by atoms with Crippen molar-refractivity contribution in [2.75, 3.05) is 26.9 Å². The lowest BCUT2D eigenvalue weighted by Crippen LogP contribution is -2.48. The van der Waals surface area contributed by atoms with Gasteiger partial charge in [-0.15, -0.1) is 0 Å². The molecule has 2 rings (SSSR count). The molecule has 0 fully saturated rings. The fourth-order valence-corrected chi connectivity index (χ4v) is 4.13. The summed E-state index contributed by atoms with van der Waals surface area (Å²) in [7, 11) is -2.47. The zero-order valence-corrected chi connectivity index (χ0v) is 17.9. The summed E-state index contributed by atoms with van der Waals surface area (Å²) in [4.78, 5) is 12.6. The van der Waals surface area contributed by atoms with Gasteiger partial charge in [-0.1, -0.05) is 41.9 Å². The molecule has 0 saturated heterocycles. The molecule has 29 heavy (non-hydrogen) atoms. The van der Waals surface area contributed by atoms with Crippen molar-refractivity contribution in [2.45, 2.75) is 24.3 Å². The van der Waals surface area contributed by atoms with Gasteiger partial charge in [-0.2, -0.15) is 4.72 Å². The maximum absolute atomic E-state index is 12.9. The van der Waals surface area contributed by atoms with E-state index in [0.29, 0.717) is 19.0 Å². The Kier molecular flexibility index (Phi) is 8.91. The van der Waals surface area contributed by atoms with Crippen LogP contribution in [0.4, 0.5) is 0 Å². The number of sulfonamides is 1. The molecule has 7 nitrogen and oxygen atoms in total. The van der Waals surface area contributed by atoms with Gasteiger partial charge in [0.15, 0.2) is 0 Å². The number of halogens is 1. The first kappa shape index (κ1) is 23.2. The molecule has 1 atom stereocenters. The van der Waals surface area contributed by atoms with Gasteiger partial charge in [0, 0.05) is 13.7 Å². The van der Waals surface area contributed by atoms with Gasteiger partial charge in [0.1, 0.15) is 11.8 Å². The van der Waals surface area contributed by atoms with Crippen LogP contribution in [0.3, 0.4) is 0 Å². The number of benzene rings is 2. The maximum atomic E-state index is 12.9. The van der Waals surface area contributed by atoms with E-state index in [-0.39, 0.29) is 22.9 Å². The van der Waals surface area contributed by atoms with E-state index in [4.69, 9.17) is 21.1 Å². The third kappa shape index (κ3) is 7.01. The Morgan fingerprint density at radius 1 is 1.17 bits per heavy atom. The summed E-state index contributed by atoms with van der Waals surface area (Å²) >= 11 is 6.12. The quantitative estimate of drug-likeness (QED) is 0.523. The van der Waals surface area contributed by atoms with Crippen LogP contribution in [0.25, 0.3) is 0 Å². The minimum absolute atomic E-state index is 0.0475. The largest absolute Gasteiger partial charge is 0.492 e. The Hall–Kier alpha value is -2.13. The minimum Gasteiger partial charge on any atom is -0.492 e. The first-order valence-corrected chi connectivity index (χ1v) is 11.0. The van der Waals surface area contributed by atoms with Crippen LogP contribution in [0.5, 0.6) is 5.75 Å². The molecule has 0 saturated carbocycles. The summed E-state index contributed by atoms with van der Waals surface area (Å²) in [5.74, 6) is -0.0437. The second kappa shape index (κ2) is 11.2. The molecule has 0 bridgehead atoms. The van der Waals surface area contributed by atoms with Gasteiger partial charge in [0.05, 0.1) is 23.1 Å². The van der Waals surface area contributed by atoms with Crippen LogP contribution in [-0.4, -0.2) is 47.2 Å². The topological polar surface area (TPSA) is 93.7 Å². The molecule has 0 aliphatic carbocycles. The highest BCUT2D eigenvalue weighted by molar-refractivity contribution is 7.89. The van der Waals surface area contributed by atoms with E-state index in [1.54, 1.807) is 6.92 Å². The van der Waals surface area contributed by atoms with Gasteiger partial charge in [-0.3, -0.25) is 4.79 Å². The Balaban J connectivity index is 2.23. The molecule has 0 heterocycles. The highest BCUT2D eigenvalue weighted by Crippen LogP contribution is 2.27. The molecule has 0 aliphatic rings. The second-order valence-electron chi connectivity index (χ2n) is 6.17. The molecule has 158 valence electrons. The molecular weight excluding hydrogens is 416 g/mol. The molecule has 0 radical (unpaired) electrons. The van der Waals surface area contributed by atoms with Gasteiger partial charge in [-0.05, 0) is 37.1 Å². The smallest absolute Gasteiger partial charge is 0.241 e. The predicted octanol–water partition coefficient (Wildman–Crippen LogP) is 2.39. The van der Waals surface area contributed by atoms with Crippen LogP contribution >= 0.6 is 11.6 Å². The molecule has 2 aromatic carbocycles. The summed E-state index contributed by atoms with van der Waals surface area (Å²) in [5, 5.41) is 2.86. The SMILES string of the molecule is CCOc1ccc(S(=O)(=O)N[C@H](Cc2ccccc2)C(=O)NCCOC)cc1Cl. The molecule has 0 aliphatic heterocycles. The van der Waals surface area contributed by atoms with Crippen LogP contribution in [0, 0.1) is 0 Å². The molecule has 1 amide bonds. The third-order valence-corrected chi connectivity index (χ3v) is 5.78. The first-order valence-electron chi connectivity index (χ1n) is 9.12. The zero-order chi connectivity index (χ0) is 21.3. The molecule has 2 aromatic rings. The first-order chi connectivity index (χ1) is 13.9. The number of hydrogen-bond donors (Lipinski definition) is 2. The number of methoxy groups -OCH3 is 1. The number of carbonyl (C=O) groups excluding carboxylic acids is 1. The summed E-state index contributed by atoms with van der Waals surface area (Å²) in [5.41, 5.74) is 0.826. The van der Waals surface area contributed by atoms with Gasteiger partial charge < -0.3 is 14.8 Å². The number of hydrogen-bond acceptors (Lipinski definition) is 5. The minimum atomic E-state index is -3.99. The Labute approximate surface area is 176 Å². The van der Waals surface area contributed by atoms with Crippen molar-refractivity contribution in [1.82, 2.24) is 10.0 Å². The summed E-state index contributed by atoms with van der Waals surface area (Å²) in [6.45, 7) is 2.81.